The molecule has 5 amide bonds. The standard InChI is InChI=1S/C86H95Cl4N7O28S/c1-33(2)19-50(93-5)81(114)96-67-53(102)24-40(27-62(91)104)79(112)94-65-39-25-58(119-55-16-11-37(69(67)105)22-48(55)89)76(124-85-74(110)72(108)77(60(32-98)122-85)125-84-73(109)71(107)70(106)57(121-84)8-6-7-42-13-18-61(126-42)36-9-14-46(87)47(88)21-36)59(26-39)120-56-17-12-38(23-49(56)90)75(123-63-31-86(4,92)78(111)34(3)118-63)68-82(115)95-66(83(116)117)45-28-41(99)29-52(101)64(45)44-20-35(10-15-51(44)100)43(30-54(65)103)80(113)97-68/h9-18,20-23,25-26,28-29,33-34,40,43,50,57,60,63,65-75,77-78,84-85,93,98-101,105-111H,6-8,19,24,27,30-32,92H2,1-5H3,(H2,91,104)(H,94,112)(H,95,115)(H,96,114)(H,97,113)(H,116,117)/t34-,40+,43-,50+,57+,60+,63?,65+,66-,67?,68-,69+,70-,71-,72+,73+,74+,75+,77+,78-,84-,85-,86-/m0/s1. The minimum atomic E-state index is -2.34. The zero-order valence-corrected chi connectivity index (χ0v) is 71.8. The highest BCUT2D eigenvalue weighted by atomic mass is 35.5. The van der Waals surface area contributed by atoms with Crippen molar-refractivity contribution in [2.24, 2.45) is 23.3 Å². The van der Waals surface area contributed by atoms with Gasteiger partial charge in [-0.3, -0.25) is 33.6 Å². The van der Waals surface area contributed by atoms with Crippen molar-refractivity contribution < 1.29 is 138 Å². The van der Waals surface area contributed by atoms with Crippen LogP contribution in [0.15, 0.2) is 109 Å². The van der Waals surface area contributed by atoms with Crippen molar-refractivity contribution >= 4 is 105 Å². The number of aliphatic hydroxyl groups is 8. The van der Waals surface area contributed by atoms with Crippen LogP contribution >= 0.6 is 57.7 Å². The van der Waals surface area contributed by atoms with E-state index < -0.39 is 280 Å². The number of phenolic OH excluding ortho intramolecular Hbond substituents is 3. The number of carboxylic acids is 1. The molecule has 23 atom stereocenters. The number of rotatable bonds is 20. The van der Waals surface area contributed by atoms with Crippen LogP contribution in [0, 0.1) is 11.8 Å². The van der Waals surface area contributed by atoms with Gasteiger partial charge in [-0.1, -0.05) is 84.5 Å². The van der Waals surface area contributed by atoms with E-state index in [1.807, 2.05) is 32.0 Å². The molecule has 0 saturated carbocycles. The Bertz CT molecular complexity index is 5300. The molecule has 8 aliphatic rings. The Morgan fingerprint density at radius 1 is 0.667 bits per heavy atom. The molecule has 7 aromatic rings. The first kappa shape index (κ1) is 94.2. The van der Waals surface area contributed by atoms with E-state index in [2.05, 4.69) is 26.6 Å². The summed E-state index contributed by atoms with van der Waals surface area (Å²) < 4.78 is 51.5. The summed E-state index contributed by atoms with van der Waals surface area (Å²) in [6.07, 6.45) is -29.7. The number of thiophene rings is 1. The average Bonchev–Trinajstić information content (AvgIpc) is 0.874. The molecule has 40 heteroatoms. The molecule has 35 nitrogen and oxygen atoms in total. The van der Waals surface area contributed by atoms with Gasteiger partial charge >= 0.3 is 5.97 Å². The fraction of sp³-hybridized carbons (Fsp3) is 0.442. The molecular formula is C86H95Cl4N7O28S. The zero-order chi connectivity index (χ0) is 91.1. The fourth-order valence-electron chi connectivity index (χ4n) is 16.4. The fourth-order valence-corrected chi connectivity index (χ4v) is 18.2. The van der Waals surface area contributed by atoms with E-state index in [0.717, 1.165) is 69.9 Å². The first-order chi connectivity index (χ1) is 59.7. The normalized spacial score (nSPS) is 29.8. The lowest BCUT2D eigenvalue weighted by molar-refractivity contribution is -0.351. The second-order valence-corrected chi connectivity index (χ2v) is 35.5. The number of hydrogen-bond acceptors (Lipinski definition) is 30. The molecule has 0 radical (unpaired) electrons. The molecule has 11 bridgehead atoms. The predicted molar refractivity (Wildman–Crippen MR) is 450 cm³/mol. The maximum Gasteiger partial charge on any atom is 0.330 e. The Balaban J connectivity index is 0.964. The minimum absolute atomic E-state index is 0.0705. The third-order valence-corrected chi connectivity index (χ3v) is 25.6. The van der Waals surface area contributed by atoms with Gasteiger partial charge in [0.25, 0.3) is 0 Å². The SMILES string of the molecule is CN[C@H](CC(C)C)C(=O)NC1C(=O)C[C@H](CC(N)=O)C(=O)N[C@H]2C(=O)C[C@@H]3C(=O)N[C@H](C(=O)N[C@H](C(=O)O)c4cc(O)cc(O)c4-c4cc3ccc4O)[C@H](OC3C[C@](C)(N)[C@@H](O)[C@H](C)O3)c3ccc(c(Cl)c3)Oc3cc2cc(c3O[C@@H]2O[C@H](CO)[C@@H](O[C@@H]3O[C@H](CCCc4ccc(-c5ccc(Cl)c(Cl)c5)s4)[C@H](O)[C@H](O)[C@H]3O)[C@H](O)[C@H]2O)Oc2ccc(cc2Cl)[C@H]1O. The lowest BCUT2D eigenvalue weighted by atomic mass is 9.84. The van der Waals surface area contributed by atoms with Gasteiger partial charge in [0, 0.05) is 63.7 Å². The van der Waals surface area contributed by atoms with Crippen molar-refractivity contribution in [1.82, 2.24) is 26.6 Å². The monoisotopic (exact) mass is 1850 g/mol. The molecule has 1 aromatic heterocycles. The van der Waals surface area contributed by atoms with Gasteiger partial charge in [0.15, 0.2) is 41.7 Å². The third-order valence-electron chi connectivity index (χ3n) is 23.1. The Labute approximate surface area is 744 Å². The number of aliphatic hydroxyl groups excluding tert-OH is 8. The van der Waals surface area contributed by atoms with Crippen molar-refractivity contribution in [2.45, 2.75) is 213 Å². The van der Waals surface area contributed by atoms with Gasteiger partial charge in [0.1, 0.15) is 102 Å². The summed E-state index contributed by atoms with van der Waals surface area (Å²) in [5.41, 5.74) is 9.30. The first-order valence-electron chi connectivity index (χ1n) is 40.3. The molecule has 0 spiro atoms. The first-order valence-corrected chi connectivity index (χ1v) is 42.6. The van der Waals surface area contributed by atoms with Gasteiger partial charge in [-0.05, 0) is 159 Å². The summed E-state index contributed by atoms with van der Waals surface area (Å²) >= 11 is 28.5. The Morgan fingerprint density at radius 3 is 1.98 bits per heavy atom. The highest BCUT2D eigenvalue weighted by Gasteiger charge is 2.53. The second kappa shape index (κ2) is 39.2. The number of primary amides is 1. The molecule has 9 heterocycles. The number of fused-ring (bicyclic) bond motifs is 15. The summed E-state index contributed by atoms with van der Waals surface area (Å²) in [4.78, 5) is 123. The number of aliphatic carboxylic acids is 1. The largest absolute Gasteiger partial charge is 0.508 e. The number of amides is 5. The lowest BCUT2D eigenvalue weighted by Crippen LogP contribution is -2.64. The van der Waals surface area contributed by atoms with Crippen molar-refractivity contribution in [2.75, 3.05) is 13.7 Å². The molecular weight excluding hydrogens is 1750 g/mol. The molecule has 15 rings (SSSR count). The number of ether oxygens (including phenoxy) is 8. The molecule has 126 heavy (non-hydrogen) atoms. The molecule has 21 N–H and O–H groups in total. The van der Waals surface area contributed by atoms with Crippen molar-refractivity contribution in [3.63, 3.8) is 0 Å². The predicted octanol–water partition coefficient (Wildman–Crippen LogP) is 5.97. The summed E-state index contributed by atoms with van der Waals surface area (Å²) in [6.45, 7) is 5.50. The minimum Gasteiger partial charge on any atom is -0.508 e. The maximum atomic E-state index is 16.6. The Kier molecular flexibility index (Phi) is 29.3. The number of carbonyl (C=O) groups is 8. The van der Waals surface area contributed by atoms with Crippen molar-refractivity contribution in [3.05, 3.63) is 162 Å². The van der Waals surface area contributed by atoms with Gasteiger partial charge in [0.05, 0.1) is 62.9 Å². The number of hydrogen-bond donors (Lipinski definition) is 19. The number of aromatic hydroxyl groups is 3. The molecule has 3 saturated heterocycles. The van der Waals surface area contributed by atoms with E-state index in [1.165, 1.54) is 56.5 Å². The zero-order valence-electron chi connectivity index (χ0n) is 68.0. The summed E-state index contributed by atoms with van der Waals surface area (Å²) in [7, 11) is 1.48. The summed E-state index contributed by atoms with van der Waals surface area (Å²) in [6, 6.07) is 13.4. The lowest BCUT2D eigenvalue weighted by Gasteiger charge is -2.46. The van der Waals surface area contributed by atoms with Crippen molar-refractivity contribution in [3.8, 4) is 67.6 Å². The van der Waals surface area contributed by atoms with Crippen LogP contribution in [-0.4, -0.2) is 226 Å². The number of likely N-dealkylation sites (N-methyl/N-ethyl adjacent to an activating group) is 1. The van der Waals surface area contributed by atoms with E-state index in [9.17, 15) is 75.7 Å². The van der Waals surface area contributed by atoms with Crippen LogP contribution in [0.4, 0.5) is 0 Å². The van der Waals surface area contributed by atoms with Gasteiger partial charge in [-0.25, -0.2) is 4.79 Å². The van der Waals surface area contributed by atoms with Crippen LogP contribution in [-0.2, 0) is 68.5 Å². The number of ketones is 2. The number of carbonyl (C=O) groups excluding carboxylic acids is 7. The maximum absolute atomic E-state index is 16.6. The summed E-state index contributed by atoms with van der Waals surface area (Å²) in [5.74, 6) is -19.3. The van der Waals surface area contributed by atoms with E-state index in [1.54, 1.807) is 12.1 Å². The molecule has 0 aliphatic carbocycles. The third kappa shape index (κ3) is 20.5. The summed E-state index contributed by atoms with van der Waals surface area (Å²) in [5, 5.41) is 153. The molecule has 2 unspecified atom stereocenters. The smallest absolute Gasteiger partial charge is 0.330 e. The van der Waals surface area contributed by atoms with Gasteiger partial charge in [-0.2, -0.15) is 0 Å². The Hall–Kier alpha value is -9.46. The average molecular weight is 1850 g/mol. The van der Waals surface area contributed by atoms with Crippen LogP contribution < -0.4 is 52.3 Å². The topological polar surface area (TPSA) is 565 Å². The van der Waals surface area contributed by atoms with E-state index >= 15 is 24.0 Å². The van der Waals surface area contributed by atoms with Crippen LogP contribution in [0.3, 0.4) is 0 Å². The number of Topliss-reactive ketones (excluding diaryl/α,β-unsaturated/α-hetero) is 2. The van der Waals surface area contributed by atoms with Crippen LogP contribution in [0.25, 0.3) is 21.6 Å². The van der Waals surface area contributed by atoms with Gasteiger partial charge in [-0.15, -0.1) is 11.3 Å². The highest BCUT2D eigenvalue weighted by molar-refractivity contribution is 7.15. The van der Waals surface area contributed by atoms with Crippen LogP contribution in [0.5, 0.6) is 46.0 Å². The number of nitrogens with one attached hydrogen (secondary N) is 5. The Morgan fingerprint density at radius 2 is 1.33 bits per heavy atom. The number of phenols is 3. The quantitative estimate of drug-likeness (QED) is 0.0418. The van der Waals surface area contributed by atoms with Crippen LogP contribution in [0.1, 0.15) is 136 Å². The van der Waals surface area contributed by atoms with E-state index in [-0.39, 0.29) is 52.6 Å². The van der Waals surface area contributed by atoms with E-state index in [0.29, 0.717) is 22.9 Å². The number of halogens is 4. The molecule has 3 fully saturated rings. The van der Waals surface area contributed by atoms with Crippen LogP contribution in [0.2, 0.25) is 20.1 Å². The number of aryl methyl sites for hydroxylation is 1. The van der Waals surface area contributed by atoms with Crippen molar-refractivity contribution in [1.29, 1.82) is 0 Å². The highest BCUT2D eigenvalue weighted by Crippen LogP contribution is 2.51. The number of carboxylic acid groups (broad SMARTS) is 1. The van der Waals surface area contributed by atoms with Gasteiger partial charge in [0.2, 0.25) is 41.6 Å². The number of benzene rings is 6. The van der Waals surface area contributed by atoms with Gasteiger partial charge < -0.3 is 137 Å². The number of nitrogens with two attached hydrogens (primary N) is 2. The molecule has 8 aliphatic heterocycles. The molecule has 676 valence electrons. The molecule has 6 aromatic carbocycles. The second-order valence-electron chi connectivity index (χ2n) is 32.7. The van der Waals surface area contributed by atoms with E-state index in [4.69, 9.17) is 95.8 Å².